The molecule has 1 saturated heterocycles. The average Bonchev–Trinajstić information content (AvgIpc) is 2.65. The van der Waals surface area contributed by atoms with E-state index < -0.39 is 30.6 Å². The summed E-state index contributed by atoms with van der Waals surface area (Å²) >= 11 is 0. The summed E-state index contributed by atoms with van der Waals surface area (Å²) in [6, 6.07) is -0.377. The van der Waals surface area contributed by atoms with Crippen LogP contribution in [0.15, 0.2) is 0 Å². The van der Waals surface area contributed by atoms with E-state index in [1.165, 1.54) is 4.90 Å². The Morgan fingerprint density at radius 3 is 2.32 bits per heavy atom. The lowest BCUT2D eigenvalue weighted by molar-refractivity contribution is 0.118. The first-order valence-electron chi connectivity index (χ1n) is 7.25. The topological polar surface area (TPSA) is 93.1 Å². The molecule has 1 N–H and O–H groups in total. The molecule has 0 radical (unpaired) electrons. The smallest absolute Gasteiger partial charge is 0.407 e. The van der Waals surface area contributed by atoms with Crippen molar-refractivity contribution in [2.24, 2.45) is 0 Å². The quantitative estimate of drug-likeness (QED) is 0.601. The fraction of sp³-hybridized carbons (Fsp3) is 0.923. The maximum Gasteiger partial charge on any atom is 0.407 e. The molecule has 0 aromatic rings. The molecule has 0 aliphatic carbocycles. The van der Waals surface area contributed by atoms with Crippen LogP contribution in [0.4, 0.5) is 4.79 Å². The molecular formula is C13H27NO6SSi. The lowest BCUT2D eigenvalue weighted by Crippen LogP contribution is -2.45. The molecule has 1 amide bonds. The van der Waals surface area contributed by atoms with Crippen molar-refractivity contribution >= 4 is 24.5 Å². The van der Waals surface area contributed by atoms with Crippen LogP contribution >= 0.6 is 0 Å². The summed E-state index contributed by atoms with van der Waals surface area (Å²) in [6.45, 7) is 10.8. The molecule has 0 bridgehead atoms. The number of rotatable bonds is 5. The Morgan fingerprint density at radius 1 is 1.36 bits per heavy atom. The molecule has 7 nitrogen and oxygen atoms in total. The molecule has 1 rings (SSSR count). The predicted molar refractivity (Wildman–Crippen MR) is 86.0 cm³/mol. The summed E-state index contributed by atoms with van der Waals surface area (Å²) in [5.74, 6) is 0. The Morgan fingerprint density at radius 2 is 1.91 bits per heavy atom. The van der Waals surface area contributed by atoms with Crippen molar-refractivity contribution in [2.75, 3.05) is 19.4 Å². The van der Waals surface area contributed by atoms with Gasteiger partial charge >= 0.3 is 6.09 Å². The number of hydrogen-bond donors (Lipinski definition) is 1. The maximum atomic E-state index is 11.3. The predicted octanol–water partition coefficient (Wildman–Crippen LogP) is 2.11. The van der Waals surface area contributed by atoms with Crippen LogP contribution < -0.4 is 0 Å². The molecule has 1 heterocycles. The Hall–Kier alpha value is -0.643. The largest absolute Gasteiger partial charge is 0.465 e. The van der Waals surface area contributed by atoms with Crippen LogP contribution in [-0.4, -0.2) is 64.4 Å². The van der Waals surface area contributed by atoms with Crippen molar-refractivity contribution in [2.45, 2.75) is 57.5 Å². The summed E-state index contributed by atoms with van der Waals surface area (Å²) in [4.78, 5) is 12.5. The van der Waals surface area contributed by atoms with Crippen molar-refractivity contribution in [3.63, 3.8) is 0 Å². The summed E-state index contributed by atoms with van der Waals surface area (Å²) in [7, 11) is -5.58. The molecule has 22 heavy (non-hydrogen) atoms. The average molecular weight is 354 g/mol. The summed E-state index contributed by atoms with van der Waals surface area (Å²) < 4.78 is 33.4. The second-order valence-electron chi connectivity index (χ2n) is 7.32. The highest BCUT2D eigenvalue weighted by Gasteiger charge is 2.41. The van der Waals surface area contributed by atoms with Gasteiger partial charge in [-0.2, -0.15) is 8.42 Å². The standard InChI is InChI=1S/C13H27NO6SSi/c1-13(2,3)22(5,6)19-9-10-7-11(20-21(4,17)18)8-14(10)12(15)16/h10-11H,7-9H2,1-6H3,(H,15,16)/t10-,11+/m0/s1. The molecular weight excluding hydrogens is 326 g/mol. The van der Waals surface area contributed by atoms with E-state index in [4.69, 9.17) is 8.61 Å². The van der Waals surface area contributed by atoms with Crippen LogP contribution in [0.25, 0.3) is 0 Å². The zero-order chi connectivity index (χ0) is 17.3. The van der Waals surface area contributed by atoms with Gasteiger partial charge in [0.2, 0.25) is 0 Å². The highest BCUT2D eigenvalue weighted by atomic mass is 32.2. The van der Waals surface area contributed by atoms with Gasteiger partial charge in [-0.15, -0.1) is 0 Å². The van der Waals surface area contributed by atoms with Crippen molar-refractivity contribution < 1.29 is 26.9 Å². The monoisotopic (exact) mass is 353 g/mol. The van der Waals surface area contributed by atoms with E-state index in [9.17, 15) is 18.3 Å². The van der Waals surface area contributed by atoms with E-state index in [0.717, 1.165) is 6.26 Å². The van der Waals surface area contributed by atoms with Gasteiger partial charge in [0.05, 0.1) is 31.6 Å². The Kier molecular flexibility index (Phi) is 5.70. The number of carbonyl (C=O) groups is 1. The van der Waals surface area contributed by atoms with Crippen molar-refractivity contribution in [1.29, 1.82) is 0 Å². The number of nitrogens with zero attached hydrogens (tertiary/aromatic N) is 1. The second-order valence-corrected chi connectivity index (χ2v) is 13.7. The molecule has 0 unspecified atom stereocenters. The van der Waals surface area contributed by atoms with Crippen LogP contribution in [-0.2, 0) is 18.7 Å². The van der Waals surface area contributed by atoms with Crippen LogP contribution in [0.2, 0.25) is 18.1 Å². The van der Waals surface area contributed by atoms with E-state index >= 15 is 0 Å². The molecule has 1 fully saturated rings. The summed E-state index contributed by atoms with van der Waals surface area (Å²) in [6.07, 6.45) is -0.423. The van der Waals surface area contributed by atoms with Crippen molar-refractivity contribution in [3.05, 3.63) is 0 Å². The Balaban J connectivity index is 2.74. The van der Waals surface area contributed by atoms with Crippen LogP contribution in [0.1, 0.15) is 27.2 Å². The Bertz CT molecular complexity index is 513. The van der Waals surface area contributed by atoms with Crippen molar-refractivity contribution in [1.82, 2.24) is 4.90 Å². The minimum Gasteiger partial charge on any atom is -0.465 e. The highest BCUT2D eigenvalue weighted by molar-refractivity contribution is 7.86. The van der Waals surface area contributed by atoms with Gasteiger partial charge in [-0.1, -0.05) is 20.8 Å². The van der Waals surface area contributed by atoms with E-state index in [0.29, 0.717) is 6.42 Å². The van der Waals surface area contributed by atoms with Gasteiger partial charge in [0.25, 0.3) is 10.1 Å². The van der Waals surface area contributed by atoms with Gasteiger partial charge in [-0.3, -0.25) is 4.18 Å². The minimum atomic E-state index is -3.60. The third-order valence-corrected chi connectivity index (χ3v) is 9.50. The molecule has 0 aromatic heterocycles. The minimum absolute atomic E-state index is 0.0301. The van der Waals surface area contributed by atoms with Gasteiger partial charge < -0.3 is 14.4 Å². The lowest BCUT2D eigenvalue weighted by atomic mass is 10.2. The first kappa shape index (κ1) is 19.4. The number of likely N-dealkylation sites (tertiary alicyclic amines) is 1. The first-order chi connectivity index (χ1) is 9.73. The van der Waals surface area contributed by atoms with Gasteiger partial charge in [0.15, 0.2) is 8.32 Å². The number of carboxylic acid groups (broad SMARTS) is 1. The van der Waals surface area contributed by atoms with Gasteiger partial charge in [0.1, 0.15) is 0 Å². The third-order valence-electron chi connectivity index (χ3n) is 4.38. The van der Waals surface area contributed by atoms with Gasteiger partial charge in [-0.25, -0.2) is 4.79 Å². The second kappa shape index (κ2) is 6.46. The normalized spacial score (nSPS) is 23.8. The lowest BCUT2D eigenvalue weighted by Gasteiger charge is -2.37. The molecule has 0 spiro atoms. The molecule has 0 aromatic carbocycles. The van der Waals surface area contributed by atoms with Crippen LogP contribution in [0, 0.1) is 0 Å². The highest BCUT2D eigenvalue weighted by Crippen LogP contribution is 2.37. The van der Waals surface area contributed by atoms with Gasteiger partial charge in [0, 0.05) is 0 Å². The summed E-state index contributed by atoms with van der Waals surface area (Å²) in [5.41, 5.74) is 0. The zero-order valence-electron chi connectivity index (χ0n) is 14.1. The van der Waals surface area contributed by atoms with E-state index in [1.807, 2.05) is 0 Å². The van der Waals surface area contributed by atoms with E-state index in [1.54, 1.807) is 0 Å². The molecule has 1 aliphatic rings. The first-order valence-corrected chi connectivity index (χ1v) is 12.0. The molecule has 2 atom stereocenters. The fourth-order valence-corrected chi connectivity index (χ4v) is 3.78. The van der Waals surface area contributed by atoms with E-state index in [2.05, 4.69) is 33.9 Å². The Labute approximate surface area is 133 Å². The number of hydrogen-bond acceptors (Lipinski definition) is 5. The van der Waals surface area contributed by atoms with Crippen LogP contribution in [0.3, 0.4) is 0 Å². The molecule has 1 aliphatic heterocycles. The number of amides is 1. The molecule has 9 heteroatoms. The molecule has 130 valence electrons. The zero-order valence-corrected chi connectivity index (χ0v) is 15.9. The molecule has 0 saturated carbocycles. The SMILES string of the molecule is CC(C)(C)[Si](C)(C)OC[C@@H]1C[C@@H](OS(C)(=O)=O)CN1C(=O)O. The summed E-state index contributed by atoms with van der Waals surface area (Å²) in [5, 5.41) is 9.30. The van der Waals surface area contributed by atoms with Gasteiger partial charge in [-0.05, 0) is 24.6 Å². The van der Waals surface area contributed by atoms with Crippen LogP contribution in [0.5, 0.6) is 0 Å². The maximum absolute atomic E-state index is 11.3. The van der Waals surface area contributed by atoms with E-state index in [-0.39, 0.29) is 24.2 Å². The third kappa shape index (κ3) is 5.22. The van der Waals surface area contributed by atoms with Crippen molar-refractivity contribution in [3.8, 4) is 0 Å². The fourth-order valence-electron chi connectivity index (χ4n) is 2.10.